The molecule has 5 heteroatoms. The predicted molar refractivity (Wildman–Crippen MR) is 71.1 cm³/mol. The van der Waals surface area contributed by atoms with Crippen molar-refractivity contribution in [2.75, 3.05) is 20.7 Å². The van der Waals surface area contributed by atoms with Crippen LogP contribution in [0.25, 0.3) is 0 Å². The molecule has 5 nitrogen and oxygen atoms in total. The summed E-state index contributed by atoms with van der Waals surface area (Å²) in [7, 11) is 2.97. The first-order valence-corrected chi connectivity index (χ1v) is 6.07. The lowest BCUT2D eigenvalue weighted by Gasteiger charge is -2.17. The lowest BCUT2D eigenvalue weighted by molar-refractivity contribution is -0.140. The number of benzene rings is 1. The number of aryl methyl sites for hydroxylation is 1. The minimum atomic E-state index is -0.293. The molecular weight excluding hydrogens is 246 g/mol. The van der Waals surface area contributed by atoms with E-state index >= 15 is 0 Å². The van der Waals surface area contributed by atoms with Gasteiger partial charge in [0.1, 0.15) is 5.75 Å². The summed E-state index contributed by atoms with van der Waals surface area (Å²) in [5.74, 6) is -0.578. The van der Waals surface area contributed by atoms with Crippen LogP contribution in [0.2, 0.25) is 0 Å². The van der Waals surface area contributed by atoms with Gasteiger partial charge in [-0.3, -0.25) is 9.59 Å². The molecule has 0 fully saturated rings. The van der Waals surface area contributed by atoms with E-state index in [9.17, 15) is 14.7 Å². The van der Waals surface area contributed by atoms with E-state index in [1.165, 1.54) is 12.0 Å². The van der Waals surface area contributed by atoms with Gasteiger partial charge in [0.2, 0.25) is 0 Å². The molecular formula is C14H19NO4. The summed E-state index contributed by atoms with van der Waals surface area (Å²) in [6, 6.07) is 4.93. The largest absolute Gasteiger partial charge is 0.507 e. The Hall–Kier alpha value is -2.04. The Morgan fingerprint density at radius 3 is 2.63 bits per heavy atom. The summed E-state index contributed by atoms with van der Waals surface area (Å²) in [4.78, 5) is 24.5. The molecule has 0 radical (unpaired) electrons. The Labute approximate surface area is 112 Å². The summed E-state index contributed by atoms with van der Waals surface area (Å²) >= 11 is 0. The average Bonchev–Trinajstić information content (AvgIpc) is 2.37. The third-order valence-electron chi connectivity index (χ3n) is 2.83. The van der Waals surface area contributed by atoms with E-state index in [2.05, 4.69) is 4.74 Å². The Morgan fingerprint density at radius 1 is 1.37 bits per heavy atom. The zero-order chi connectivity index (χ0) is 14.4. The van der Waals surface area contributed by atoms with Crippen LogP contribution in [0.1, 0.15) is 28.8 Å². The van der Waals surface area contributed by atoms with Crippen molar-refractivity contribution in [3.63, 3.8) is 0 Å². The highest BCUT2D eigenvalue weighted by Gasteiger charge is 2.15. The quantitative estimate of drug-likeness (QED) is 0.823. The van der Waals surface area contributed by atoms with Crippen LogP contribution < -0.4 is 0 Å². The molecule has 0 saturated heterocycles. The number of esters is 1. The lowest BCUT2D eigenvalue weighted by Crippen LogP contribution is -2.28. The number of aromatic hydroxyl groups is 1. The van der Waals surface area contributed by atoms with E-state index in [0.29, 0.717) is 13.0 Å². The molecule has 0 aliphatic rings. The normalized spacial score (nSPS) is 10.1. The van der Waals surface area contributed by atoms with Gasteiger partial charge < -0.3 is 14.7 Å². The molecule has 0 bridgehead atoms. The maximum atomic E-state index is 12.1. The van der Waals surface area contributed by atoms with E-state index in [-0.39, 0.29) is 29.6 Å². The molecule has 0 aliphatic heterocycles. The fourth-order valence-electron chi connectivity index (χ4n) is 1.69. The maximum absolute atomic E-state index is 12.1. The van der Waals surface area contributed by atoms with Gasteiger partial charge in [0.05, 0.1) is 12.7 Å². The van der Waals surface area contributed by atoms with Gasteiger partial charge in [-0.2, -0.15) is 0 Å². The number of phenolic OH excluding ortho intramolecular Hbond substituents is 1. The molecule has 1 aromatic rings. The number of ether oxygens (including phenoxy) is 1. The first-order valence-electron chi connectivity index (χ1n) is 6.07. The van der Waals surface area contributed by atoms with Crippen LogP contribution in [0.3, 0.4) is 0 Å². The topological polar surface area (TPSA) is 66.8 Å². The second kappa shape index (κ2) is 6.78. The third-order valence-corrected chi connectivity index (χ3v) is 2.83. The SMILES string of the molecule is COC(=O)CCCN(C)C(=O)c1ccc(C)cc1O. The molecule has 0 atom stereocenters. The van der Waals surface area contributed by atoms with Crippen LogP contribution >= 0.6 is 0 Å². The van der Waals surface area contributed by atoms with Gasteiger partial charge in [-0.05, 0) is 31.0 Å². The molecule has 1 amide bonds. The van der Waals surface area contributed by atoms with Crippen LogP contribution in [0.4, 0.5) is 0 Å². The average molecular weight is 265 g/mol. The minimum absolute atomic E-state index is 0.0233. The molecule has 0 heterocycles. The number of hydrogen-bond donors (Lipinski definition) is 1. The van der Waals surface area contributed by atoms with Crippen LogP contribution in [-0.4, -0.2) is 42.6 Å². The number of amides is 1. The van der Waals surface area contributed by atoms with Crippen LogP contribution in [0, 0.1) is 6.92 Å². The standard InChI is InChI=1S/C14H19NO4/c1-10-6-7-11(12(16)9-10)14(18)15(2)8-4-5-13(17)19-3/h6-7,9,16H,4-5,8H2,1-3H3. The highest BCUT2D eigenvalue weighted by molar-refractivity contribution is 5.96. The fraction of sp³-hybridized carbons (Fsp3) is 0.429. The molecule has 19 heavy (non-hydrogen) atoms. The number of carbonyl (C=O) groups is 2. The van der Waals surface area contributed by atoms with Gasteiger partial charge >= 0.3 is 5.97 Å². The summed E-state index contributed by atoms with van der Waals surface area (Å²) in [5, 5.41) is 9.74. The fourth-order valence-corrected chi connectivity index (χ4v) is 1.69. The van der Waals surface area contributed by atoms with E-state index in [1.807, 2.05) is 6.92 Å². The molecule has 1 aromatic carbocycles. The van der Waals surface area contributed by atoms with E-state index in [1.54, 1.807) is 25.2 Å². The zero-order valence-corrected chi connectivity index (χ0v) is 11.5. The van der Waals surface area contributed by atoms with Gasteiger partial charge in [-0.15, -0.1) is 0 Å². The van der Waals surface area contributed by atoms with Crippen molar-refractivity contribution < 1.29 is 19.4 Å². The molecule has 1 rings (SSSR count). The maximum Gasteiger partial charge on any atom is 0.305 e. The lowest BCUT2D eigenvalue weighted by atomic mass is 10.1. The zero-order valence-electron chi connectivity index (χ0n) is 11.5. The summed E-state index contributed by atoms with van der Waals surface area (Å²) in [6.07, 6.45) is 0.801. The van der Waals surface area contributed by atoms with Gasteiger partial charge in [-0.25, -0.2) is 0 Å². The summed E-state index contributed by atoms with van der Waals surface area (Å²) < 4.78 is 4.53. The second-order valence-electron chi connectivity index (χ2n) is 4.43. The number of rotatable bonds is 5. The van der Waals surface area contributed by atoms with Crippen LogP contribution in [0.15, 0.2) is 18.2 Å². The number of nitrogens with zero attached hydrogens (tertiary/aromatic N) is 1. The van der Waals surface area contributed by atoms with Crippen molar-refractivity contribution in [1.29, 1.82) is 0 Å². The van der Waals surface area contributed by atoms with E-state index in [4.69, 9.17) is 0 Å². The number of hydrogen-bond acceptors (Lipinski definition) is 4. The molecule has 104 valence electrons. The van der Waals surface area contributed by atoms with Crippen molar-refractivity contribution in [3.05, 3.63) is 29.3 Å². The van der Waals surface area contributed by atoms with Crippen LogP contribution in [0.5, 0.6) is 5.75 Å². The third kappa shape index (κ3) is 4.28. The Balaban J connectivity index is 2.59. The van der Waals surface area contributed by atoms with Gasteiger partial charge in [0.25, 0.3) is 5.91 Å². The summed E-state index contributed by atoms with van der Waals surface area (Å²) in [5.41, 5.74) is 1.16. The van der Waals surface area contributed by atoms with Gasteiger partial charge in [-0.1, -0.05) is 6.07 Å². The van der Waals surface area contributed by atoms with Crippen molar-refractivity contribution in [2.24, 2.45) is 0 Å². The Morgan fingerprint density at radius 2 is 2.05 bits per heavy atom. The molecule has 0 saturated carbocycles. The monoisotopic (exact) mass is 265 g/mol. The van der Waals surface area contributed by atoms with Crippen molar-refractivity contribution in [2.45, 2.75) is 19.8 Å². The van der Waals surface area contributed by atoms with E-state index in [0.717, 1.165) is 5.56 Å². The van der Waals surface area contributed by atoms with Crippen molar-refractivity contribution >= 4 is 11.9 Å². The predicted octanol–water partition coefficient (Wildman–Crippen LogP) is 1.73. The Kier molecular flexibility index (Phi) is 5.36. The molecule has 0 unspecified atom stereocenters. The molecule has 0 spiro atoms. The minimum Gasteiger partial charge on any atom is -0.507 e. The molecule has 0 aromatic heterocycles. The number of carbonyl (C=O) groups excluding carboxylic acids is 2. The number of phenols is 1. The van der Waals surface area contributed by atoms with Crippen LogP contribution in [-0.2, 0) is 9.53 Å². The van der Waals surface area contributed by atoms with Crippen molar-refractivity contribution in [1.82, 2.24) is 4.90 Å². The highest BCUT2D eigenvalue weighted by atomic mass is 16.5. The highest BCUT2D eigenvalue weighted by Crippen LogP contribution is 2.19. The van der Waals surface area contributed by atoms with Gasteiger partial charge in [0.15, 0.2) is 0 Å². The number of methoxy groups -OCH3 is 1. The molecule has 0 aliphatic carbocycles. The van der Waals surface area contributed by atoms with Crippen molar-refractivity contribution in [3.8, 4) is 5.75 Å². The first kappa shape index (κ1) is 15.0. The van der Waals surface area contributed by atoms with Gasteiger partial charge in [0, 0.05) is 20.0 Å². The van der Waals surface area contributed by atoms with E-state index < -0.39 is 0 Å². The smallest absolute Gasteiger partial charge is 0.305 e. The first-order chi connectivity index (χ1) is 8.95. The second-order valence-corrected chi connectivity index (χ2v) is 4.43. The summed E-state index contributed by atoms with van der Waals surface area (Å²) in [6.45, 7) is 2.27. The Bertz CT molecular complexity index is 471. The molecule has 1 N–H and O–H groups in total.